The van der Waals surface area contributed by atoms with E-state index in [1.54, 1.807) is 7.11 Å². The van der Waals surface area contributed by atoms with E-state index in [1.807, 2.05) is 37.3 Å². The van der Waals surface area contributed by atoms with Crippen LogP contribution in [0.25, 0.3) is 10.8 Å². The van der Waals surface area contributed by atoms with Gasteiger partial charge in [0.1, 0.15) is 6.61 Å². The van der Waals surface area contributed by atoms with Crippen LogP contribution in [0, 0.1) is 0 Å². The molecule has 0 aromatic heterocycles. The van der Waals surface area contributed by atoms with Crippen LogP contribution in [-0.4, -0.2) is 43.3 Å². The molecule has 0 radical (unpaired) electrons. The first-order chi connectivity index (χ1) is 21.0. The average molecular weight is 645 g/mol. The second kappa shape index (κ2) is 13.1. The molecule has 43 heavy (non-hydrogen) atoms. The monoisotopic (exact) mass is 643 g/mol. The predicted molar refractivity (Wildman–Crippen MR) is 171 cm³/mol. The third-order valence-corrected chi connectivity index (χ3v) is 9.32. The topological polar surface area (TPSA) is 65.1 Å². The summed E-state index contributed by atoms with van der Waals surface area (Å²) in [6.45, 7) is 4.16. The van der Waals surface area contributed by atoms with Crippen LogP contribution in [-0.2, 0) is 20.9 Å². The fourth-order valence-electron chi connectivity index (χ4n) is 6.91. The normalized spacial score (nSPS) is 17.4. The molecule has 6 nitrogen and oxygen atoms in total. The van der Waals surface area contributed by atoms with Gasteiger partial charge in [-0.25, -0.2) is 0 Å². The Bertz CT molecular complexity index is 1570. The van der Waals surface area contributed by atoms with Gasteiger partial charge in [-0.05, 0) is 89.0 Å². The van der Waals surface area contributed by atoms with Gasteiger partial charge in [-0.1, -0.05) is 42.5 Å². The molecule has 224 valence electrons. The zero-order chi connectivity index (χ0) is 29.9. The summed E-state index contributed by atoms with van der Waals surface area (Å²) in [4.78, 5) is 29.7. The van der Waals surface area contributed by atoms with Crippen molar-refractivity contribution in [2.75, 3.05) is 26.9 Å². The second-order valence-electron chi connectivity index (χ2n) is 11.4. The average Bonchev–Trinajstić information content (AvgIpc) is 3.01. The van der Waals surface area contributed by atoms with Crippen molar-refractivity contribution in [3.8, 4) is 11.5 Å². The molecule has 0 amide bonds. The Hall–Kier alpha value is -3.42. The lowest BCUT2D eigenvalue weighted by atomic mass is 9.71. The molecule has 3 aromatic rings. The van der Waals surface area contributed by atoms with Crippen molar-refractivity contribution < 1.29 is 23.8 Å². The molecule has 6 rings (SSSR count). The van der Waals surface area contributed by atoms with Gasteiger partial charge in [-0.3, -0.25) is 9.59 Å². The fraction of sp³-hybridized carbons (Fsp3) is 0.389. The number of carbonyl (C=O) groups is 2. The first-order valence-corrected chi connectivity index (χ1v) is 16.2. The molecule has 0 N–H and O–H groups in total. The van der Waals surface area contributed by atoms with E-state index < -0.39 is 5.92 Å². The molecule has 0 unspecified atom stereocenters. The zero-order valence-corrected chi connectivity index (χ0v) is 26.5. The Kier molecular flexibility index (Phi) is 9.01. The Morgan fingerprint density at radius 3 is 2.28 bits per heavy atom. The maximum absolute atomic E-state index is 13.7. The lowest BCUT2D eigenvalue weighted by Gasteiger charge is -2.44. The fourth-order valence-corrected chi connectivity index (χ4v) is 7.49. The van der Waals surface area contributed by atoms with Crippen molar-refractivity contribution in [1.29, 1.82) is 0 Å². The number of nitrogens with zero attached hydrogens (tertiary/aromatic N) is 1. The van der Waals surface area contributed by atoms with E-state index in [0.717, 1.165) is 82.2 Å². The number of carbonyl (C=O) groups excluding carboxylic acids is 2. The molecule has 0 fully saturated rings. The highest BCUT2D eigenvalue weighted by Crippen LogP contribution is 2.51. The highest BCUT2D eigenvalue weighted by Gasteiger charge is 2.43. The standard InChI is InChI=1S/C36H38BrNO5/c1-3-42-32-21-25(20-27(37)36(32)43-22-24-12-6-11-23-10-4-5-13-26(23)24)33-34-28(14-7-16-30(34)39)38(18-9-19-41-2)29-15-8-17-31(40)35(29)33/h4-6,10-13,20-21,33H,3,7-9,14-19,22H2,1-2H3. The summed E-state index contributed by atoms with van der Waals surface area (Å²) < 4.78 is 18.7. The SMILES string of the molecule is CCOc1cc(C2C3=C(CCCC3=O)N(CCCOC)C3=C2C(=O)CCC3)cc(Br)c1OCc1cccc2ccccc12. The number of ketones is 2. The lowest BCUT2D eigenvalue weighted by Crippen LogP contribution is -2.39. The number of ether oxygens (including phenoxy) is 3. The lowest BCUT2D eigenvalue weighted by molar-refractivity contribution is -0.117. The van der Waals surface area contributed by atoms with Crippen molar-refractivity contribution in [2.24, 2.45) is 0 Å². The van der Waals surface area contributed by atoms with Crippen LogP contribution in [0.3, 0.4) is 0 Å². The van der Waals surface area contributed by atoms with Gasteiger partial charge in [-0.15, -0.1) is 0 Å². The van der Waals surface area contributed by atoms with Gasteiger partial charge in [0.2, 0.25) is 0 Å². The molecule has 7 heteroatoms. The number of fused-ring (bicyclic) bond motifs is 1. The van der Waals surface area contributed by atoms with Crippen molar-refractivity contribution >= 4 is 38.3 Å². The van der Waals surface area contributed by atoms with Gasteiger partial charge in [0, 0.05) is 61.6 Å². The number of halogens is 1. The molecule has 1 heterocycles. The maximum Gasteiger partial charge on any atom is 0.175 e. The van der Waals surface area contributed by atoms with E-state index in [-0.39, 0.29) is 11.6 Å². The highest BCUT2D eigenvalue weighted by molar-refractivity contribution is 9.10. The van der Waals surface area contributed by atoms with Crippen molar-refractivity contribution in [3.05, 3.63) is 92.7 Å². The first-order valence-electron chi connectivity index (χ1n) is 15.4. The summed E-state index contributed by atoms with van der Waals surface area (Å²) in [5.41, 5.74) is 5.68. The number of benzene rings is 3. The third kappa shape index (κ3) is 5.77. The number of hydrogen-bond donors (Lipinski definition) is 0. The zero-order valence-electron chi connectivity index (χ0n) is 24.9. The number of methoxy groups -OCH3 is 1. The summed E-state index contributed by atoms with van der Waals surface area (Å²) in [6.07, 6.45) is 5.17. The Balaban J connectivity index is 1.42. The molecular formula is C36H38BrNO5. The molecule has 0 bridgehead atoms. The molecule has 1 aliphatic heterocycles. The second-order valence-corrected chi connectivity index (χ2v) is 12.2. The van der Waals surface area contributed by atoms with Crippen LogP contribution in [0.5, 0.6) is 11.5 Å². The highest BCUT2D eigenvalue weighted by atomic mass is 79.9. The van der Waals surface area contributed by atoms with Gasteiger partial charge in [0.15, 0.2) is 23.1 Å². The van der Waals surface area contributed by atoms with Crippen LogP contribution >= 0.6 is 15.9 Å². The van der Waals surface area contributed by atoms with Crippen molar-refractivity contribution in [2.45, 2.75) is 64.4 Å². The quantitative estimate of drug-likeness (QED) is 0.208. The van der Waals surface area contributed by atoms with E-state index in [1.165, 1.54) is 5.39 Å². The number of hydrogen-bond acceptors (Lipinski definition) is 6. The van der Waals surface area contributed by atoms with Crippen LogP contribution in [0.4, 0.5) is 0 Å². The van der Waals surface area contributed by atoms with Gasteiger partial charge in [0.05, 0.1) is 11.1 Å². The summed E-state index contributed by atoms with van der Waals surface area (Å²) in [5, 5.41) is 2.32. The van der Waals surface area contributed by atoms with E-state index >= 15 is 0 Å². The minimum atomic E-state index is -0.410. The van der Waals surface area contributed by atoms with Gasteiger partial charge >= 0.3 is 0 Å². The Labute approximate surface area is 261 Å². The molecule has 0 spiro atoms. The minimum Gasteiger partial charge on any atom is -0.490 e. The van der Waals surface area contributed by atoms with Crippen LogP contribution in [0.2, 0.25) is 0 Å². The van der Waals surface area contributed by atoms with Gasteiger partial charge < -0.3 is 19.1 Å². The molecule has 3 aliphatic rings. The van der Waals surface area contributed by atoms with Crippen LogP contribution in [0.1, 0.15) is 68.9 Å². The largest absolute Gasteiger partial charge is 0.490 e. The maximum atomic E-state index is 13.7. The van der Waals surface area contributed by atoms with E-state index in [0.29, 0.717) is 44.2 Å². The molecule has 0 saturated carbocycles. The molecular weight excluding hydrogens is 606 g/mol. The van der Waals surface area contributed by atoms with Crippen molar-refractivity contribution in [3.63, 3.8) is 0 Å². The van der Waals surface area contributed by atoms with E-state index in [2.05, 4.69) is 45.1 Å². The summed E-state index contributed by atoms with van der Waals surface area (Å²) in [6, 6.07) is 18.5. The van der Waals surface area contributed by atoms with Crippen LogP contribution in [0.15, 0.2) is 81.6 Å². The van der Waals surface area contributed by atoms with E-state index in [9.17, 15) is 9.59 Å². The van der Waals surface area contributed by atoms with E-state index in [4.69, 9.17) is 14.2 Å². The minimum absolute atomic E-state index is 0.137. The molecule has 0 atom stereocenters. The van der Waals surface area contributed by atoms with Gasteiger partial charge in [-0.2, -0.15) is 0 Å². The smallest absolute Gasteiger partial charge is 0.175 e. The summed E-state index contributed by atoms with van der Waals surface area (Å²) in [7, 11) is 1.71. The number of rotatable bonds is 10. The molecule has 2 aliphatic carbocycles. The van der Waals surface area contributed by atoms with Gasteiger partial charge in [0.25, 0.3) is 0 Å². The third-order valence-electron chi connectivity index (χ3n) is 8.73. The van der Waals surface area contributed by atoms with Crippen LogP contribution < -0.4 is 9.47 Å². The molecule has 0 saturated heterocycles. The van der Waals surface area contributed by atoms with Crippen molar-refractivity contribution in [1.82, 2.24) is 4.90 Å². The predicted octanol–water partition coefficient (Wildman–Crippen LogP) is 8.03. The summed E-state index contributed by atoms with van der Waals surface area (Å²) in [5.74, 6) is 1.08. The first kappa shape index (κ1) is 29.6. The summed E-state index contributed by atoms with van der Waals surface area (Å²) >= 11 is 3.79. The Morgan fingerprint density at radius 1 is 0.884 bits per heavy atom. The number of Topliss-reactive ketones (excluding diaryl/α,β-unsaturated/α-hetero) is 2. The Morgan fingerprint density at radius 2 is 1.58 bits per heavy atom. The molecule has 3 aromatic carbocycles. The number of allylic oxidation sites excluding steroid dienone is 4.